The molecule has 0 saturated heterocycles. The number of aromatic nitrogens is 4. The molecule has 0 amide bonds. The van der Waals surface area contributed by atoms with Crippen LogP contribution in [0.25, 0.3) is 0 Å². The summed E-state index contributed by atoms with van der Waals surface area (Å²) >= 11 is 10.1. The SMILES string of the molecule is CCN=C([S-])NN=C(c1ccccn1)c1ccccn1.CCN=C([S-])NN=C(c1ccccn1)c1ccccn1.[Ni+2]. The molecule has 0 aliphatic carbocycles. The third-order valence-electron chi connectivity index (χ3n) is 4.76. The molecule has 0 bridgehead atoms. The predicted molar refractivity (Wildman–Crippen MR) is 165 cm³/mol. The van der Waals surface area contributed by atoms with Crippen LogP contribution in [-0.2, 0) is 41.7 Å². The van der Waals surface area contributed by atoms with E-state index in [9.17, 15) is 0 Å². The van der Waals surface area contributed by atoms with Crippen LogP contribution in [0.5, 0.6) is 0 Å². The van der Waals surface area contributed by atoms with Crippen LogP contribution >= 0.6 is 0 Å². The number of nitrogens with zero attached hydrogens (tertiary/aromatic N) is 8. The molecule has 2 N–H and O–H groups in total. The first-order chi connectivity index (χ1) is 19.6. The second kappa shape index (κ2) is 19.0. The van der Waals surface area contributed by atoms with Crippen LogP contribution in [0.15, 0.2) is 118 Å². The summed E-state index contributed by atoms with van der Waals surface area (Å²) in [5.74, 6) is 0. The quantitative estimate of drug-likeness (QED) is 0.100. The minimum atomic E-state index is 0. The van der Waals surface area contributed by atoms with Crippen molar-refractivity contribution in [3.63, 3.8) is 0 Å². The molecule has 0 aliphatic rings. The average molecular weight is 627 g/mol. The zero-order valence-electron chi connectivity index (χ0n) is 22.4. The molecule has 41 heavy (non-hydrogen) atoms. The first-order valence-corrected chi connectivity index (χ1v) is 13.2. The molecular weight excluding hydrogens is 599 g/mol. The molecule has 0 fully saturated rings. The maximum Gasteiger partial charge on any atom is 2.00 e. The third-order valence-corrected chi connectivity index (χ3v) is 5.20. The fraction of sp³-hybridized carbons (Fsp3) is 0.143. The van der Waals surface area contributed by atoms with Crippen molar-refractivity contribution >= 4 is 47.0 Å². The predicted octanol–water partition coefficient (Wildman–Crippen LogP) is 3.48. The van der Waals surface area contributed by atoms with Gasteiger partial charge < -0.3 is 25.3 Å². The Morgan fingerprint density at radius 1 is 0.561 bits per heavy atom. The van der Waals surface area contributed by atoms with Gasteiger partial charge in [-0.1, -0.05) is 24.3 Å². The van der Waals surface area contributed by atoms with Crippen molar-refractivity contribution in [1.29, 1.82) is 0 Å². The minimum absolute atomic E-state index is 0. The van der Waals surface area contributed by atoms with Gasteiger partial charge in [-0.05, 0) is 72.7 Å². The number of rotatable bonds is 8. The van der Waals surface area contributed by atoms with Gasteiger partial charge in [0.15, 0.2) is 0 Å². The summed E-state index contributed by atoms with van der Waals surface area (Å²) in [6.45, 7) is 5.06. The minimum Gasteiger partial charge on any atom is -0.741 e. The summed E-state index contributed by atoms with van der Waals surface area (Å²) in [7, 11) is 0. The van der Waals surface area contributed by atoms with E-state index in [4.69, 9.17) is 25.3 Å². The van der Waals surface area contributed by atoms with Crippen molar-refractivity contribution in [3.8, 4) is 0 Å². The van der Waals surface area contributed by atoms with Crippen molar-refractivity contribution < 1.29 is 16.5 Å². The molecule has 13 heteroatoms. The number of hydrazone groups is 2. The van der Waals surface area contributed by atoms with Crippen molar-refractivity contribution in [2.24, 2.45) is 20.2 Å². The van der Waals surface area contributed by atoms with E-state index in [1.807, 2.05) is 86.6 Å². The monoisotopic (exact) mass is 626 g/mol. The Morgan fingerprint density at radius 2 is 0.854 bits per heavy atom. The summed E-state index contributed by atoms with van der Waals surface area (Å²) in [5, 5.41) is 9.27. The standard InChI is InChI=1S/2C14H15N5S.Ni/c2*1-2-15-14(20)19-18-13(11-7-3-5-9-16-11)12-8-4-6-10-17-12;/h2*3-10H,2H2,1H3,(H2,15,19,20);/q;;+2/p-2. The van der Waals surface area contributed by atoms with Gasteiger partial charge in [0, 0.05) is 37.9 Å². The Balaban J connectivity index is 0.000000280. The Labute approximate surface area is 260 Å². The molecule has 4 heterocycles. The number of hydrogen-bond donors (Lipinski definition) is 2. The van der Waals surface area contributed by atoms with Gasteiger partial charge >= 0.3 is 16.5 Å². The van der Waals surface area contributed by atoms with Crippen LogP contribution in [-0.4, -0.2) is 54.8 Å². The number of pyridine rings is 4. The van der Waals surface area contributed by atoms with Crippen LogP contribution in [0.1, 0.15) is 36.6 Å². The largest absolute Gasteiger partial charge is 2.00 e. The van der Waals surface area contributed by atoms with E-state index in [0.717, 1.165) is 22.8 Å². The fourth-order valence-corrected chi connectivity index (χ4v) is 3.42. The second-order valence-corrected chi connectivity index (χ2v) is 8.34. The maximum absolute atomic E-state index is 5.05. The third kappa shape index (κ3) is 11.4. The van der Waals surface area contributed by atoms with Crippen LogP contribution in [0.2, 0.25) is 0 Å². The molecule has 4 rings (SSSR count). The van der Waals surface area contributed by atoms with E-state index in [2.05, 4.69) is 51.0 Å². The molecular formula is C28H28N10NiS2. The van der Waals surface area contributed by atoms with Crippen LogP contribution in [0.3, 0.4) is 0 Å². The maximum atomic E-state index is 5.05. The summed E-state index contributed by atoms with van der Waals surface area (Å²) in [6, 6.07) is 22.5. The Kier molecular flexibility index (Phi) is 15.3. The Bertz CT molecular complexity index is 1230. The van der Waals surface area contributed by atoms with Gasteiger partial charge in [-0.25, -0.2) is 0 Å². The first-order valence-electron chi connectivity index (χ1n) is 12.4. The number of hydrogen-bond acceptors (Lipinski definition) is 10. The van der Waals surface area contributed by atoms with Gasteiger partial charge in [0.05, 0.1) is 22.8 Å². The van der Waals surface area contributed by atoms with E-state index >= 15 is 0 Å². The fourth-order valence-electron chi connectivity index (χ4n) is 3.07. The van der Waals surface area contributed by atoms with Gasteiger partial charge in [0.25, 0.3) is 0 Å². The molecule has 0 saturated carbocycles. The van der Waals surface area contributed by atoms with Crippen molar-refractivity contribution in [3.05, 3.63) is 120 Å². The summed E-state index contributed by atoms with van der Waals surface area (Å²) < 4.78 is 0. The van der Waals surface area contributed by atoms with Gasteiger partial charge in [0.1, 0.15) is 11.4 Å². The molecule has 212 valence electrons. The zero-order valence-corrected chi connectivity index (χ0v) is 25.0. The molecule has 0 aromatic carbocycles. The van der Waals surface area contributed by atoms with Gasteiger partial charge in [-0.15, -0.1) is 0 Å². The summed E-state index contributed by atoms with van der Waals surface area (Å²) in [6.07, 6.45) is 6.84. The Hall–Kier alpha value is -4.19. The van der Waals surface area contributed by atoms with Crippen LogP contribution in [0, 0.1) is 0 Å². The second-order valence-electron chi connectivity index (χ2n) is 7.56. The van der Waals surface area contributed by atoms with Crippen molar-refractivity contribution in [2.75, 3.05) is 13.1 Å². The summed E-state index contributed by atoms with van der Waals surface area (Å²) in [4.78, 5) is 25.3. The van der Waals surface area contributed by atoms with E-state index in [-0.39, 0.29) is 16.5 Å². The molecule has 0 aliphatic heterocycles. The van der Waals surface area contributed by atoms with Gasteiger partial charge in [-0.3, -0.25) is 40.8 Å². The van der Waals surface area contributed by atoms with Crippen molar-refractivity contribution in [2.45, 2.75) is 13.8 Å². The van der Waals surface area contributed by atoms with Crippen molar-refractivity contribution in [1.82, 2.24) is 30.8 Å². The normalized spacial score (nSPS) is 10.7. The molecule has 4 aromatic heterocycles. The number of aliphatic imine (C=N–C) groups is 2. The molecule has 0 atom stereocenters. The molecule has 0 spiro atoms. The molecule has 0 unspecified atom stereocenters. The van der Waals surface area contributed by atoms with E-state index in [1.165, 1.54) is 0 Å². The number of amidine groups is 2. The van der Waals surface area contributed by atoms with E-state index in [1.54, 1.807) is 24.8 Å². The Morgan fingerprint density at radius 3 is 1.07 bits per heavy atom. The van der Waals surface area contributed by atoms with E-state index in [0.29, 0.717) is 34.8 Å². The smallest absolute Gasteiger partial charge is 0.741 e. The first kappa shape index (κ1) is 33.0. The topological polar surface area (TPSA) is 125 Å². The zero-order chi connectivity index (χ0) is 28.4. The van der Waals surface area contributed by atoms with Crippen LogP contribution < -0.4 is 10.9 Å². The molecule has 10 nitrogen and oxygen atoms in total. The van der Waals surface area contributed by atoms with E-state index < -0.39 is 0 Å². The number of nitrogens with one attached hydrogen (secondary N) is 2. The average Bonchev–Trinajstić information content (AvgIpc) is 3.00. The van der Waals surface area contributed by atoms with Crippen LogP contribution in [0.4, 0.5) is 0 Å². The summed E-state index contributed by atoms with van der Waals surface area (Å²) in [5.41, 5.74) is 9.64. The molecule has 0 radical (unpaired) electrons. The van der Waals surface area contributed by atoms with Gasteiger partial charge in [-0.2, -0.15) is 10.2 Å². The molecule has 4 aromatic rings. The van der Waals surface area contributed by atoms with Gasteiger partial charge in [0.2, 0.25) is 0 Å².